The minimum absolute atomic E-state index is 0.162. The predicted molar refractivity (Wildman–Crippen MR) is 102 cm³/mol. The van der Waals surface area contributed by atoms with Gasteiger partial charge in [-0.1, -0.05) is 6.07 Å². The molecule has 3 aromatic rings. The minimum Gasteiger partial charge on any atom is -0.497 e. The van der Waals surface area contributed by atoms with Gasteiger partial charge in [-0.05, 0) is 64.0 Å². The second kappa shape index (κ2) is 7.65. The molecule has 0 saturated heterocycles. The Morgan fingerprint density at radius 3 is 2.68 bits per heavy atom. The fourth-order valence-electron chi connectivity index (χ4n) is 2.25. The molecule has 0 saturated carbocycles. The maximum Gasteiger partial charge on any atom is 0.250 e. The van der Waals surface area contributed by atoms with Gasteiger partial charge in [0.25, 0.3) is 0 Å². The second-order valence-electron chi connectivity index (χ2n) is 5.17. The average Bonchev–Trinajstić information content (AvgIpc) is 3.08. The molecule has 0 amide bonds. The number of nitrogens with zero attached hydrogens (tertiary/aromatic N) is 1. The van der Waals surface area contributed by atoms with Crippen molar-refractivity contribution in [2.24, 2.45) is 0 Å². The van der Waals surface area contributed by atoms with Crippen LogP contribution in [0.5, 0.6) is 5.75 Å². The van der Waals surface area contributed by atoms with Crippen molar-refractivity contribution in [3.05, 3.63) is 64.1 Å². The molecule has 1 N–H and O–H groups in total. The van der Waals surface area contributed by atoms with Gasteiger partial charge in [-0.3, -0.25) is 4.98 Å². The number of hydrogen-bond acceptors (Lipinski definition) is 5. The highest BCUT2D eigenvalue weighted by Gasteiger charge is 2.16. The zero-order valence-corrected chi connectivity index (χ0v) is 16.5. The molecule has 0 unspecified atom stereocenters. The molecule has 0 radical (unpaired) electrons. The van der Waals surface area contributed by atoms with Gasteiger partial charge in [0.2, 0.25) is 10.0 Å². The zero-order chi connectivity index (χ0) is 17.9. The van der Waals surface area contributed by atoms with E-state index in [4.69, 9.17) is 4.74 Å². The van der Waals surface area contributed by atoms with Gasteiger partial charge < -0.3 is 4.74 Å². The van der Waals surface area contributed by atoms with E-state index in [0.717, 1.165) is 20.6 Å². The topological polar surface area (TPSA) is 68.3 Å². The van der Waals surface area contributed by atoms with Crippen molar-refractivity contribution in [2.75, 3.05) is 7.11 Å². The molecule has 130 valence electrons. The first-order valence-corrected chi connectivity index (χ1v) is 10.4. The van der Waals surface area contributed by atoms with Crippen molar-refractivity contribution in [2.45, 2.75) is 10.8 Å². The summed E-state index contributed by atoms with van der Waals surface area (Å²) in [5.41, 5.74) is 2.46. The third-order valence-electron chi connectivity index (χ3n) is 3.44. The van der Waals surface area contributed by atoms with Crippen LogP contribution in [-0.2, 0) is 16.6 Å². The lowest BCUT2D eigenvalue weighted by atomic mass is 10.1. The van der Waals surface area contributed by atoms with E-state index in [0.29, 0.717) is 5.75 Å². The van der Waals surface area contributed by atoms with Crippen LogP contribution in [0.25, 0.3) is 11.3 Å². The molecule has 8 heteroatoms. The Bertz CT molecular complexity index is 973. The lowest BCUT2D eigenvalue weighted by molar-refractivity contribution is 0.414. The van der Waals surface area contributed by atoms with E-state index in [1.165, 1.54) is 11.3 Å². The van der Waals surface area contributed by atoms with Crippen LogP contribution in [0.15, 0.2) is 62.7 Å². The maximum absolute atomic E-state index is 12.4. The number of rotatable bonds is 6. The van der Waals surface area contributed by atoms with Crippen LogP contribution in [0, 0.1) is 0 Å². The summed E-state index contributed by atoms with van der Waals surface area (Å²) in [7, 11) is -1.97. The standard InChI is InChI=1S/C17H15BrN2O3S2/c1-23-14-9-12(8-13(10-14)15-4-2-3-7-19-15)11-20-25(21,22)17-6-5-16(18)24-17/h2-10,20H,11H2,1H3. The molecular weight excluding hydrogens is 424 g/mol. The SMILES string of the molecule is COc1cc(CNS(=O)(=O)c2ccc(Br)s2)cc(-c2ccccn2)c1. The quantitative estimate of drug-likeness (QED) is 0.629. The van der Waals surface area contributed by atoms with Crippen molar-refractivity contribution < 1.29 is 13.2 Å². The zero-order valence-electron chi connectivity index (χ0n) is 13.3. The molecule has 0 spiro atoms. The minimum atomic E-state index is -3.55. The molecule has 2 heterocycles. The number of methoxy groups -OCH3 is 1. The summed E-state index contributed by atoms with van der Waals surface area (Å²) in [6.07, 6.45) is 1.71. The molecule has 0 fully saturated rings. The van der Waals surface area contributed by atoms with E-state index in [-0.39, 0.29) is 10.8 Å². The lowest BCUT2D eigenvalue weighted by Gasteiger charge is -2.10. The Labute approximate surface area is 158 Å². The molecular formula is C17H15BrN2O3S2. The van der Waals surface area contributed by atoms with Gasteiger partial charge in [-0.25, -0.2) is 13.1 Å². The Kier molecular flexibility index (Phi) is 5.53. The molecule has 3 rings (SSSR count). The fraction of sp³-hybridized carbons (Fsp3) is 0.118. The van der Waals surface area contributed by atoms with E-state index in [1.54, 1.807) is 31.5 Å². The van der Waals surface area contributed by atoms with Crippen molar-refractivity contribution in [1.29, 1.82) is 0 Å². The Morgan fingerprint density at radius 2 is 2.04 bits per heavy atom. The molecule has 0 aliphatic carbocycles. The van der Waals surface area contributed by atoms with Gasteiger partial charge >= 0.3 is 0 Å². The van der Waals surface area contributed by atoms with Crippen LogP contribution in [-0.4, -0.2) is 20.5 Å². The van der Waals surface area contributed by atoms with Gasteiger partial charge in [-0.2, -0.15) is 0 Å². The number of sulfonamides is 1. The van der Waals surface area contributed by atoms with Crippen LogP contribution < -0.4 is 9.46 Å². The van der Waals surface area contributed by atoms with E-state index in [2.05, 4.69) is 25.6 Å². The summed E-state index contributed by atoms with van der Waals surface area (Å²) in [5, 5.41) is 0. The number of halogens is 1. The van der Waals surface area contributed by atoms with E-state index >= 15 is 0 Å². The number of nitrogens with one attached hydrogen (secondary N) is 1. The first-order valence-electron chi connectivity index (χ1n) is 7.32. The predicted octanol–water partition coefficient (Wildman–Crippen LogP) is 4.06. The lowest BCUT2D eigenvalue weighted by Crippen LogP contribution is -2.22. The van der Waals surface area contributed by atoms with Gasteiger partial charge in [0, 0.05) is 18.3 Å². The van der Waals surface area contributed by atoms with Gasteiger partial charge in [0.15, 0.2) is 0 Å². The number of ether oxygens (including phenoxy) is 1. The Hall–Kier alpha value is -1.74. The molecule has 25 heavy (non-hydrogen) atoms. The number of aromatic nitrogens is 1. The van der Waals surface area contributed by atoms with E-state index < -0.39 is 10.0 Å². The summed E-state index contributed by atoms with van der Waals surface area (Å²) < 4.78 is 33.7. The highest BCUT2D eigenvalue weighted by atomic mass is 79.9. The van der Waals surface area contributed by atoms with E-state index in [1.807, 2.05) is 30.3 Å². The normalized spacial score (nSPS) is 11.4. The fourth-order valence-corrected chi connectivity index (χ4v) is 5.33. The summed E-state index contributed by atoms with van der Waals surface area (Å²) in [6.45, 7) is 0.162. The number of thiophene rings is 1. The molecule has 1 aromatic carbocycles. The molecule has 5 nitrogen and oxygen atoms in total. The monoisotopic (exact) mass is 438 g/mol. The number of pyridine rings is 1. The van der Waals surface area contributed by atoms with Crippen LogP contribution in [0.3, 0.4) is 0 Å². The molecule has 0 aliphatic heterocycles. The van der Waals surface area contributed by atoms with Gasteiger partial charge in [-0.15, -0.1) is 11.3 Å². The molecule has 2 aromatic heterocycles. The number of benzene rings is 1. The van der Waals surface area contributed by atoms with Gasteiger partial charge in [0.1, 0.15) is 9.96 Å². The number of hydrogen-bond donors (Lipinski definition) is 1. The van der Waals surface area contributed by atoms with Crippen molar-refractivity contribution in [1.82, 2.24) is 9.71 Å². The first kappa shape index (κ1) is 18.1. The van der Waals surface area contributed by atoms with Crippen molar-refractivity contribution in [3.63, 3.8) is 0 Å². The summed E-state index contributed by atoms with van der Waals surface area (Å²) in [5.74, 6) is 0.649. The van der Waals surface area contributed by atoms with E-state index in [9.17, 15) is 8.42 Å². The summed E-state index contributed by atoms with van der Waals surface area (Å²) in [6, 6.07) is 14.5. The smallest absolute Gasteiger partial charge is 0.250 e. The van der Waals surface area contributed by atoms with Crippen LogP contribution >= 0.6 is 27.3 Å². The summed E-state index contributed by atoms with van der Waals surface area (Å²) in [4.78, 5) is 4.33. The molecule has 0 bridgehead atoms. The first-order chi connectivity index (χ1) is 12.0. The van der Waals surface area contributed by atoms with Crippen LogP contribution in [0.4, 0.5) is 0 Å². The van der Waals surface area contributed by atoms with Gasteiger partial charge in [0.05, 0.1) is 16.6 Å². The average molecular weight is 439 g/mol. The maximum atomic E-state index is 12.4. The third-order valence-corrected chi connectivity index (χ3v) is 6.96. The van der Waals surface area contributed by atoms with Crippen LogP contribution in [0.2, 0.25) is 0 Å². The summed E-state index contributed by atoms with van der Waals surface area (Å²) >= 11 is 4.45. The highest BCUT2D eigenvalue weighted by molar-refractivity contribution is 9.11. The molecule has 0 atom stereocenters. The van der Waals surface area contributed by atoms with Crippen molar-refractivity contribution in [3.8, 4) is 17.0 Å². The van der Waals surface area contributed by atoms with Crippen molar-refractivity contribution >= 4 is 37.3 Å². The highest BCUT2D eigenvalue weighted by Crippen LogP contribution is 2.27. The Morgan fingerprint density at radius 1 is 1.20 bits per heavy atom. The molecule has 0 aliphatic rings. The van der Waals surface area contributed by atoms with Crippen LogP contribution in [0.1, 0.15) is 5.56 Å². The third kappa shape index (κ3) is 4.46. The second-order valence-corrected chi connectivity index (χ2v) is 9.62. The largest absolute Gasteiger partial charge is 0.497 e. The Balaban J connectivity index is 1.85.